The van der Waals surface area contributed by atoms with Gasteiger partial charge in [0.15, 0.2) is 12.4 Å². The van der Waals surface area contributed by atoms with Crippen molar-refractivity contribution in [3.05, 3.63) is 71.7 Å². The Balaban J connectivity index is 1.39. The third kappa shape index (κ3) is 3.94. The Hall–Kier alpha value is -3.06. The number of Topliss-reactive ketones (excluding diaryl/α,β-unsaturated/α-hetero) is 1. The van der Waals surface area contributed by atoms with Crippen molar-refractivity contribution in [1.82, 2.24) is 15.2 Å². The van der Waals surface area contributed by atoms with E-state index in [2.05, 4.69) is 15.2 Å². The minimum absolute atomic E-state index is 0.0121. The van der Waals surface area contributed by atoms with Crippen molar-refractivity contribution in [3.8, 4) is 5.75 Å². The van der Waals surface area contributed by atoms with Crippen molar-refractivity contribution in [3.63, 3.8) is 0 Å². The molecule has 0 fully saturated rings. The number of nitrogens with one attached hydrogen (secondary N) is 1. The third-order valence-electron chi connectivity index (χ3n) is 4.33. The van der Waals surface area contributed by atoms with Gasteiger partial charge in [0, 0.05) is 22.7 Å². The SMILES string of the molecule is Cc1ccc(OCc2nnc(SC(C)C(=O)c3c[nH]c4ccccc34)o2)cc1. The van der Waals surface area contributed by atoms with E-state index in [0.29, 0.717) is 16.7 Å². The van der Waals surface area contributed by atoms with Gasteiger partial charge in [-0.05, 0) is 32.0 Å². The van der Waals surface area contributed by atoms with Crippen molar-refractivity contribution in [1.29, 1.82) is 0 Å². The number of ketones is 1. The second kappa shape index (κ2) is 7.90. The first-order valence-corrected chi connectivity index (χ1v) is 9.77. The van der Waals surface area contributed by atoms with Gasteiger partial charge in [0.2, 0.25) is 0 Å². The highest BCUT2D eigenvalue weighted by Gasteiger charge is 2.22. The number of hydrogen-bond acceptors (Lipinski definition) is 6. The lowest BCUT2D eigenvalue weighted by molar-refractivity contribution is 0.0995. The predicted octanol–water partition coefficient (Wildman–Crippen LogP) is 4.80. The quantitative estimate of drug-likeness (QED) is 0.359. The molecule has 1 atom stereocenters. The number of thioether (sulfide) groups is 1. The fraction of sp³-hybridized carbons (Fsp3) is 0.190. The highest BCUT2D eigenvalue weighted by atomic mass is 32.2. The molecule has 0 radical (unpaired) electrons. The van der Waals surface area contributed by atoms with Gasteiger partial charge in [-0.25, -0.2) is 0 Å². The molecule has 0 amide bonds. The number of H-pyrrole nitrogens is 1. The van der Waals surface area contributed by atoms with Gasteiger partial charge in [0.1, 0.15) is 5.75 Å². The Morgan fingerprint density at radius 1 is 1.18 bits per heavy atom. The van der Waals surface area contributed by atoms with Crippen LogP contribution in [0, 0.1) is 6.92 Å². The Morgan fingerprint density at radius 3 is 2.79 bits per heavy atom. The number of hydrogen-bond donors (Lipinski definition) is 1. The van der Waals surface area contributed by atoms with Crippen molar-refractivity contribution in [2.75, 3.05) is 0 Å². The first kappa shape index (κ1) is 18.3. The summed E-state index contributed by atoms with van der Waals surface area (Å²) in [5.41, 5.74) is 2.77. The van der Waals surface area contributed by atoms with E-state index in [1.807, 2.05) is 62.4 Å². The molecule has 1 N–H and O–H groups in total. The summed E-state index contributed by atoms with van der Waals surface area (Å²) in [6.07, 6.45) is 1.75. The molecule has 7 heteroatoms. The number of benzene rings is 2. The fourth-order valence-electron chi connectivity index (χ4n) is 2.82. The summed E-state index contributed by atoms with van der Waals surface area (Å²) in [6, 6.07) is 15.5. The average Bonchev–Trinajstić information content (AvgIpc) is 3.34. The molecular weight excluding hydrogens is 374 g/mol. The normalized spacial score (nSPS) is 12.2. The standard InChI is InChI=1S/C21H19N3O3S/c1-13-7-9-15(10-8-13)26-12-19-23-24-21(27-19)28-14(2)20(25)17-11-22-18-6-4-3-5-16(17)18/h3-11,14,22H,12H2,1-2H3. The molecule has 0 saturated carbocycles. The van der Waals surface area contributed by atoms with E-state index in [1.165, 1.54) is 11.8 Å². The van der Waals surface area contributed by atoms with Crippen LogP contribution in [0.2, 0.25) is 0 Å². The smallest absolute Gasteiger partial charge is 0.277 e. The summed E-state index contributed by atoms with van der Waals surface area (Å²) in [4.78, 5) is 15.9. The summed E-state index contributed by atoms with van der Waals surface area (Å²) in [5, 5.41) is 8.92. The molecular formula is C21H19N3O3S. The van der Waals surface area contributed by atoms with Crippen molar-refractivity contribution >= 4 is 28.4 Å². The second-order valence-electron chi connectivity index (χ2n) is 6.44. The highest BCUT2D eigenvalue weighted by molar-refractivity contribution is 8.00. The van der Waals surface area contributed by atoms with Crippen molar-refractivity contribution in [2.24, 2.45) is 0 Å². The Labute approximate surface area is 166 Å². The Bertz CT molecular complexity index is 1100. The number of aromatic amines is 1. The molecule has 0 saturated heterocycles. The first-order chi connectivity index (χ1) is 13.6. The number of fused-ring (bicyclic) bond motifs is 1. The van der Waals surface area contributed by atoms with Crippen LogP contribution >= 0.6 is 11.8 Å². The van der Waals surface area contributed by atoms with Gasteiger partial charge in [-0.1, -0.05) is 47.7 Å². The zero-order valence-electron chi connectivity index (χ0n) is 15.5. The number of carbonyl (C=O) groups is 1. The van der Waals surface area contributed by atoms with E-state index in [0.717, 1.165) is 22.2 Å². The molecule has 142 valence electrons. The Kier molecular flexibility index (Phi) is 5.16. The van der Waals surface area contributed by atoms with E-state index in [1.54, 1.807) is 6.20 Å². The van der Waals surface area contributed by atoms with Gasteiger partial charge >= 0.3 is 0 Å². The first-order valence-electron chi connectivity index (χ1n) is 8.89. The molecule has 0 aliphatic heterocycles. The zero-order chi connectivity index (χ0) is 19.5. The van der Waals surface area contributed by atoms with Crippen LogP contribution in [-0.4, -0.2) is 26.2 Å². The molecule has 2 heterocycles. The molecule has 1 unspecified atom stereocenters. The molecule has 0 aliphatic rings. The number of para-hydroxylation sites is 1. The van der Waals surface area contributed by atoms with Crippen LogP contribution in [0.25, 0.3) is 10.9 Å². The van der Waals surface area contributed by atoms with Crippen molar-refractivity contribution in [2.45, 2.75) is 30.9 Å². The van der Waals surface area contributed by atoms with Gasteiger partial charge in [-0.2, -0.15) is 0 Å². The van der Waals surface area contributed by atoms with Crippen LogP contribution in [0.5, 0.6) is 5.75 Å². The summed E-state index contributed by atoms with van der Waals surface area (Å²) >= 11 is 1.24. The lowest BCUT2D eigenvalue weighted by Gasteiger charge is -2.06. The number of aryl methyl sites for hydroxylation is 1. The maximum absolute atomic E-state index is 12.8. The lowest BCUT2D eigenvalue weighted by atomic mass is 10.1. The molecule has 2 aromatic heterocycles. The summed E-state index contributed by atoms with van der Waals surface area (Å²) in [6.45, 7) is 4.03. The van der Waals surface area contributed by atoms with Crippen LogP contribution in [0.3, 0.4) is 0 Å². The van der Waals surface area contributed by atoms with Gasteiger partial charge < -0.3 is 14.1 Å². The molecule has 2 aromatic carbocycles. The van der Waals surface area contributed by atoms with E-state index in [9.17, 15) is 4.79 Å². The fourth-order valence-corrected chi connectivity index (χ4v) is 3.59. The molecule has 6 nitrogen and oxygen atoms in total. The number of carbonyl (C=O) groups excluding carboxylic acids is 1. The van der Waals surface area contributed by atoms with Gasteiger partial charge in [-0.15, -0.1) is 10.2 Å². The number of rotatable bonds is 7. The monoisotopic (exact) mass is 393 g/mol. The van der Waals surface area contributed by atoms with Gasteiger partial charge in [0.25, 0.3) is 11.1 Å². The minimum atomic E-state index is -0.356. The van der Waals surface area contributed by atoms with Crippen LogP contribution in [0.15, 0.2) is 64.4 Å². The molecule has 4 aromatic rings. The number of aromatic nitrogens is 3. The Morgan fingerprint density at radius 2 is 1.96 bits per heavy atom. The number of ether oxygens (including phenoxy) is 1. The van der Waals surface area contributed by atoms with Crippen LogP contribution in [0.4, 0.5) is 0 Å². The van der Waals surface area contributed by atoms with Gasteiger partial charge in [-0.3, -0.25) is 4.79 Å². The van der Waals surface area contributed by atoms with E-state index in [-0.39, 0.29) is 17.6 Å². The van der Waals surface area contributed by atoms with Crippen LogP contribution in [-0.2, 0) is 6.61 Å². The lowest BCUT2D eigenvalue weighted by Crippen LogP contribution is -2.13. The second-order valence-corrected chi connectivity index (χ2v) is 7.73. The molecule has 0 bridgehead atoms. The van der Waals surface area contributed by atoms with Crippen LogP contribution in [0.1, 0.15) is 28.7 Å². The van der Waals surface area contributed by atoms with E-state index in [4.69, 9.17) is 9.15 Å². The maximum atomic E-state index is 12.8. The maximum Gasteiger partial charge on any atom is 0.277 e. The molecule has 0 spiro atoms. The zero-order valence-corrected chi connectivity index (χ0v) is 16.3. The van der Waals surface area contributed by atoms with Gasteiger partial charge in [0.05, 0.1) is 5.25 Å². The highest BCUT2D eigenvalue weighted by Crippen LogP contribution is 2.27. The molecule has 0 aliphatic carbocycles. The molecule has 4 rings (SSSR count). The average molecular weight is 393 g/mol. The van der Waals surface area contributed by atoms with Crippen molar-refractivity contribution < 1.29 is 13.9 Å². The molecule has 28 heavy (non-hydrogen) atoms. The summed E-state index contributed by atoms with van der Waals surface area (Å²) in [7, 11) is 0. The largest absolute Gasteiger partial charge is 0.484 e. The minimum Gasteiger partial charge on any atom is -0.484 e. The summed E-state index contributed by atoms with van der Waals surface area (Å²) < 4.78 is 11.3. The van der Waals surface area contributed by atoms with E-state index < -0.39 is 0 Å². The van der Waals surface area contributed by atoms with Crippen LogP contribution < -0.4 is 4.74 Å². The topological polar surface area (TPSA) is 81.0 Å². The summed E-state index contributed by atoms with van der Waals surface area (Å²) in [5.74, 6) is 1.12. The van der Waals surface area contributed by atoms with E-state index >= 15 is 0 Å². The third-order valence-corrected chi connectivity index (χ3v) is 5.27. The predicted molar refractivity (Wildman–Crippen MR) is 108 cm³/mol. The number of nitrogens with zero attached hydrogens (tertiary/aromatic N) is 2.